The van der Waals surface area contributed by atoms with Crippen molar-refractivity contribution in [3.8, 4) is 0 Å². The lowest BCUT2D eigenvalue weighted by Gasteiger charge is -2.37. The largest absolute Gasteiger partial charge is 0.463 e. The second-order valence-electron chi connectivity index (χ2n) is 8.07. The summed E-state index contributed by atoms with van der Waals surface area (Å²) in [5, 5.41) is 6.21. The van der Waals surface area contributed by atoms with E-state index in [1.165, 1.54) is 0 Å². The lowest BCUT2D eigenvalue weighted by Crippen LogP contribution is -2.52. The highest BCUT2D eigenvalue weighted by Gasteiger charge is 2.37. The van der Waals surface area contributed by atoms with Gasteiger partial charge in [0, 0.05) is 49.4 Å². The molecular weight excluding hydrogens is 420 g/mol. The molecule has 1 aliphatic carbocycles. The molecule has 1 unspecified atom stereocenters. The molecule has 1 saturated carbocycles. The highest BCUT2D eigenvalue weighted by molar-refractivity contribution is 6.30. The van der Waals surface area contributed by atoms with Gasteiger partial charge in [0.15, 0.2) is 0 Å². The quantitative estimate of drug-likeness (QED) is 0.653. The Hall–Kier alpha value is -2.58. The molecule has 1 atom stereocenters. The van der Waals surface area contributed by atoms with Gasteiger partial charge in [0.2, 0.25) is 5.91 Å². The summed E-state index contributed by atoms with van der Waals surface area (Å²) < 4.78 is 5.31. The molecule has 1 aromatic carbocycles. The molecule has 31 heavy (non-hydrogen) atoms. The molecule has 2 fully saturated rings. The third-order valence-corrected chi connectivity index (χ3v) is 6.10. The van der Waals surface area contributed by atoms with Gasteiger partial charge >= 0.3 is 12.0 Å². The van der Waals surface area contributed by atoms with Crippen molar-refractivity contribution >= 4 is 29.5 Å². The molecule has 0 spiro atoms. The molecule has 1 saturated heterocycles. The minimum atomic E-state index is -0.627. The molecule has 0 bridgehead atoms. The minimum Gasteiger partial charge on any atom is -0.463 e. The first-order valence-corrected chi connectivity index (χ1v) is 11.1. The molecule has 9 heteroatoms. The van der Waals surface area contributed by atoms with Crippen LogP contribution in [0.2, 0.25) is 5.02 Å². The van der Waals surface area contributed by atoms with Crippen molar-refractivity contribution in [2.75, 3.05) is 39.3 Å². The normalized spacial score (nSPS) is 22.1. The van der Waals surface area contributed by atoms with Crippen LogP contribution in [0.1, 0.15) is 31.4 Å². The fourth-order valence-corrected chi connectivity index (χ4v) is 4.16. The number of urea groups is 1. The monoisotopic (exact) mass is 446 g/mol. The van der Waals surface area contributed by atoms with E-state index in [1.807, 2.05) is 4.90 Å². The summed E-state index contributed by atoms with van der Waals surface area (Å²) in [4.78, 5) is 41.6. The molecule has 4 rings (SSSR count). The molecule has 2 aliphatic heterocycles. The van der Waals surface area contributed by atoms with Gasteiger partial charge in [0.1, 0.15) is 0 Å². The predicted molar refractivity (Wildman–Crippen MR) is 115 cm³/mol. The van der Waals surface area contributed by atoms with E-state index < -0.39 is 12.0 Å². The van der Waals surface area contributed by atoms with Crippen LogP contribution < -0.4 is 10.6 Å². The summed E-state index contributed by atoms with van der Waals surface area (Å²) in [5.41, 5.74) is 1.67. The Bertz CT molecular complexity index is 889. The SMILES string of the molecule is CCOC(=O)C1=C(CN2CCN(C(=O)C3CC3)CC2)NC(=O)NC1c1ccc(Cl)cc1. The van der Waals surface area contributed by atoms with Gasteiger partial charge in [-0.05, 0) is 37.5 Å². The zero-order valence-corrected chi connectivity index (χ0v) is 18.3. The van der Waals surface area contributed by atoms with E-state index in [-0.39, 0.29) is 24.5 Å². The van der Waals surface area contributed by atoms with Crippen molar-refractivity contribution in [3.63, 3.8) is 0 Å². The van der Waals surface area contributed by atoms with Crippen molar-refractivity contribution in [2.45, 2.75) is 25.8 Å². The van der Waals surface area contributed by atoms with Crippen LogP contribution in [0.5, 0.6) is 0 Å². The number of hydrogen-bond acceptors (Lipinski definition) is 5. The number of piperazine rings is 1. The van der Waals surface area contributed by atoms with E-state index >= 15 is 0 Å². The van der Waals surface area contributed by atoms with Gasteiger partial charge in [-0.15, -0.1) is 0 Å². The average molecular weight is 447 g/mol. The zero-order valence-electron chi connectivity index (χ0n) is 17.5. The van der Waals surface area contributed by atoms with Crippen molar-refractivity contribution < 1.29 is 19.1 Å². The van der Waals surface area contributed by atoms with Crippen LogP contribution in [0.4, 0.5) is 4.79 Å². The second kappa shape index (κ2) is 9.28. The Labute approximate surface area is 186 Å². The van der Waals surface area contributed by atoms with Gasteiger partial charge < -0.3 is 20.3 Å². The van der Waals surface area contributed by atoms with Gasteiger partial charge in [0.05, 0.1) is 18.2 Å². The van der Waals surface area contributed by atoms with Crippen molar-refractivity contribution in [1.29, 1.82) is 0 Å². The van der Waals surface area contributed by atoms with Crippen LogP contribution in [0.3, 0.4) is 0 Å². The fraction of sp³-hybridized carbons (Fsp3) is 0.500. The van der Waals surface area contributed by atoms with E-state index in [0.29, 0.717) is 49.0 Å². The summed E-state index contributed by atoms with van der Waals surface area (Å²) in [6, 6.07) is 6.03. The molecule has 3 amide bonds. The lowest BCUT2D eigenvalue weighted by molar-refractivity contribution is -0.139. The predicted octanol–water partition coefficient (Wildman–Crippen LogP) is 2.07. The number of hydrogen-bond donors (Lipinski definition) is 2. The smallest absolute Gasteiger partial charge is 0.338 e. The first-order chi connectivity index (χ1) is 15.0. The molecule has 2 heterocycles. The number of nitrogens with zero attached hydrogens (tertiary/aromatic N) is 2. The third kappa shape index (κ3) is 5.02. The Morgan fingerprint density at radius 1 is 1.13 bits per heavy atom. The number of amides is 3. The molecular formula is C22H27ClN4O4. The standard InChI is InChI=1S/C22H27ClN4O4/c1-2-31-21(29)18-17(13-26-9-11-27(12-10-26)20(28)15-3-4-15)24-22(30)25-19(18)14-5-7-16(23)8-6-14/h5-8,15,19H,2-4,9-13H2,1H3,(H2,24,25,30). The molecule has 166 valence electrons. The molecule has 2 N–H and O–H groups in total. The topological polar surface area (TPSA) is 91.0 Å². The first-order valence-electron chi connectivity index (χ1n) is 10.7. The molecule has 0 aromatic heterocycles. The average Bonchev–Trinajstić information content (AvgIpc) is 3.59. The van der Waals surface area contributed by atoms with Crippen LogP contribution >= 0.6 is 11.6 Å². The van der Waals surface area contributed by atoms with Gasteiger partial charge in [-0.25, -0.2) is 9.59 Å². The van der Waals surface area contributed by atoms with Crippen LogP contribution in [0.25, 0.3) is 0 Å². The zero-order chi connectivity index (χ0) is 22.0. The molecule has 3 aliphatic rings. The number of halogens is 1. The molecule has 8 nitrogen and oxygen atoms in total. The Morgan fingerprint density at radius 3 is 2.42 bits per heavy atom. The first kappa shape index (κ1) is 21.6. The maximum atomic E-state index is 12.9. The van der Waals surface area contributed by atoms with E-state index in [1.54, 1.807) is 31.2 Å². The Morgan fingerprint density at radius 2 is 1.81 bits per heavy atom. The maximum Gasteiger partial charge on any atom is 0.338 e. The van der Waals surface area contributed by atoms with E-state index in [2.05, 4.69) is 15.5 Å². The fourth-order valence-electron chi connectivity index (χ4n) is 4.04. The van der Waals surface area contributed by atoms with E-state index in [9.17, 15) is 14.4 Å². The van der Waals surface area contributed by atoms with Gasteiger partial charge in [-0.1, -0.05) is 23.7 Å². The lowest BCUT2D eigenvalue weighted by atomic mass is 9.95. The molecule has 1 aromatic rings. The summed E-state index contributed by atoms with van der Waals surface area (Å²) in [7, 11) is 0. The Balaban J connectivity index is 1.54. The number of benzene rings is 1. The summed E-state index contributed by atoms with van der Waals surface area (Å²) in [6.07, 6.45) is 2.00. The Kier molecular flexibility index (Phi) is 6.48. The van der Waals surface area contributed by atoms with Crippen LogP contribution in [0.15, 0.2) is 35.5 Å². The highest BCUT2D eigenvalue weighted by Crippen LogP contribution is 2.32. The van der Waals surface area contributed by atoms with E-state index in [0.717, 1.165) is 18.4 Å². The summed E-state index contributed by atoms with van der Waals surface area (Å²) in [5.74, 6) is 0.00469. The number of nitrogens with one attached hydrogen (secondary N) is 2. The number of carbonyl (C=O) groups excluding carboxylic acids is 3. The number of ether oxygens (including phenoxy) is 1. The van der Waals surface area contributed by atoms with Crippen molar-refractivity contribution in [2.24, 2.45) is 5.92 Å². The van der Waals surface area contributed by atoms with Crippen LogP contribution in [-0.4, -0.2) is 67.0 Å². The molecule has 0 radical (unpaired) electrons. The van der Waals surface area contributed by atoms with Crippen LogP contribution in [0, 0.1) is 5.92 Å². The van der Waals surface area contributed by atoms with Gasteiger partial charge in [0.25, 0.3) is 0 Å². The maximum absolute atomic E-state index is 12.9. The van der Waals surface area contributed by atoms with Crippen LogP contribution in [-0.2, 0) is 14.3 Å². The number of carbonyl (C=O) groups is 3. The summed E-state index contributed by atoms with van der Waals surface area (Å²) >= 11 is 6.00. The van der Waals surface area contributed by atoms with E-state index in [4.69, 9.17) is 16.3 Å². The third-order valence-electron chi connectivity index (χ3n) is 5.84. The van der Waals surface area contributed by atoms with Crippen molar-refractivity contribution in [3.05, 3.63) is 46.1 Å². The van der Waals surface area contributed by atoms with Gasteiger partial charge in [-0.2, -0.15) is 0 Å². The number of rotatable bonds is 6. The number of esters is 1. The summed E-state index contributed by atoms with van der Waals surface area (Å²) in [6.45, 7) is 5.07. The minimum absolute atomic E-state index is 0.216. The van der Waals surface area contributed by atoms with Crippen molar-refractivity contribution in [1.82, 2.24) is 20.4 Å². The highest BCUT2D eigenvalue weighted by atomic mass is 35.5. The van der Waals surface area contributed by atoms with Gasteiger partial charge in [-0.3, -0.25) is 9.69 Å². The second-order valence-corrected chi connectivity index (χ2v) is 8.51.